The van der Waals surface area contributed by atoms with E-state index in [2.05, 4.69) is 0 Å². The van der Waals surface area contributed by atoms with Crippen molar-refractivity contribution < 1.29 is 74.6 Å². The summed E-state index contributed by atoms with van der Waals surface area (Å²) in [5.41, 5.74) is -2.23. The molecule has 0 bridgehead atoms. The Kier molecular flexibility index (Phi) is 6.12. The molecule has 0 aliphatic rings. The van der Waals surface area contributed by atoms with Gasteiger partial charge in [-0.3, -0.25) is 0 Å². The minimum Gasteiger partial charge on any atom is -0.194 e. The predicted octanol–water partition coefficient (Wildman–Crippen LogP) is 7.15. The Labute approximate surface area is 159 Å². The highest BCUT2D eigenvalue weighted by Gasteiger charge is 2.95. The number of hydrogen-bond acceptors (Lipinski definition) is 0. The van der Waals surface area contributed by atoms with E-state index in [4.69, 9.17) is 0 Å². The van der Waals surface area contributed by atoms with Crippen LogP contribution in [0.1, 0.15) is 5.56 Å². The summed E-state index contributed by atoms with van der Waals surface area (Å²) >= 11 is 0. The maximum absolute atomic E-state index is 13.7. The van der Waals surface area contributed by atoms with E-state index in [1.165, 1.54) is 0 Å². The van der Waals surface area contributed by atoms with Crippen molar-refractivity contribution in [3.05, 3.63) is 35.9 Å². The molecule has 0 spiro atoms. The molecule has 0 saturated heterocycles. The molecule has 0 N–H and O–H groups in total. The summed E-state index contributed by atoms with van der Waals surface area (Å²) in [6, 6.07) is 1.49. The Morgan fingerprint density at radius 3 is 0.968 bits per heavy atom. The first-order chi connectivity index (χ1) is 13.4. The standard InChI is InChI=1S/C14H5F17/c15-7(16,6-4-2-1-3-5-6)8(17,18)9(19,20)10(21,22)11(23,24)12(25,26)13(27,28)14(29,30)31/h1-5H. The smallest absolute Gasteiger partial charge is 0.194 e. The van der Waals surface area contributed by atoms with E-state index in [-0.39, 0.29) is 12.1 Å². The van der Waals surface area contributed by atoms with Crippen LogP contribution in [0, 0.1) is 0 Å². The van der Waals surface area contributed by atoms with Crippen molar-refractivity contribution in [2.75, 3.05) is 0 Å². The van der Waals surface area contributed by atoms with Gasteiger partial charge >= 0.3 is 47.6 Å². The van der Waals surface area contributed by atoms with Crippen LogP contribution in [0.3, 0.4) is 0 Å². The fourth-order valence-electron chi connectivity index (χ4n) is 1.99. The van der Waals surface area contributed by atoms with Crippen LogP contribution in [0.5, 0.6) is 0 Å². The molecule has 1 aromatic carbocycles. The van der Waals surface area contributed by atoms with E-state index in [0.717, 1.165) is 6.07 Å². The lowest BCUT2D eigenvalue weighted by molar-refractivity contribution is -0.462. The molecule has 0 unspecified atom stereocenters. The van der Waals surface area contributed by atoms with Gasteiger partial charge in [0, 0.05) is 5.56 Å². The van der Waals surface area contributed by atoms with Gasteiger partial charge in [-0.15, -0.1) is 0 Å². The maximum Gasteiger partial charge on any atom is 0.460 e. The van der Waals surface area contributed by atoms with Crippen LogP contribution >= 0.6 is 0 Å². The van der Waals surface area contributed by atoms with Gasteiger partial charge in [0.25, 0.3) is 0 Å². The van der Waals surface area contributed by atoms with Gasteiger partial charge in [-0.2, -0.15) is 74.6 Å². The molecule has 1 aromatic rings. The molecule has 0 aliphatic carbocycles. The molecule has 0 heterocycles. The lowest BCUT2D eigenvalue weighted by Gasteiger charge is -2.42. The number of benzene rings is 1. The molecule has 180 valence electrons. The summed E-state index contributed by atoms with van der Waals surface area (Å²) < 4.78 is 222. The summed E-state index contributed by atoms with van der Waals surface area (Å²) in [6.45, 7) is 0. The SMILES string of the molecule is FC(F)(F)C(F)(F)C(F)(F)C(F)(F)C(F)(F)C(F)(F)C(F)(F)C(F)(F)c1ccccc1. The summed E-state index contributed by atoms with van der Waals surface area (Å²) in [4.78, 5) is 0. The molecule has 0 fully saturated rings. The van der Waals surface area contributed by atoms with E-state index >= 15 is 0 Å². The van der Waals surface area contributed by atoms with Crippen molar-refractivity contribution in [1.29, 1.82) is 0 Å². The second-order valence-corrected chi connectivity index (χ2v) is 5.88. The van der Waals surface area contributed by atoms with Crippen LogP contribution in [0.4, 0.5) is 74.6 Å². The lowest BCUT2D eigenvalue weighted by atomic mass is 9.87. The van der Waals surface area contributed by atoms with Crippen LogP contribution in [-0.4, -0.2) is 41.7 Å². The molecule has 0 atom stereocenters. The average molecular weight is 496 g/mol. The fraction of sp³-hybridized carbons (Fsp3) is 0.571. The third-order valence-corrected chi connectivity index (χ3v) is 3.86. The Hall–Kier alpha value is -1.97. The zero-order valence-electron chi connectivity index (χ0n) is 13.8. The normalized spacial score (nSPS) is 15.9. The number of hydrogen-bond donors (Lipinski definition) is 0. The summed E-state index contributed by atoms with van der Waals surface area (Å²) in [6.07, 6.45) is -7.76. The quantitative estimate of drug-likeness (QED) is 0.352. The zero-order chi connectivity index (χ0) is 25.1. The van der Waals surface area contributed by atoms with Crippen molar-refractivity contribution in [3.63, 3.8) is 0 Å². The average Bonchev–Trinajstić information content (AvgIpc) is 2.60. The first-order valence-electron chi connectivity index (χ1n) is 7.12. The van der Waals surface area contributed by atoms with Crippen molar-refractivity contribution in [2.24, 2.45) is 0 Å². The molecule has 0 radical (unpaired) electrons. The number of halogens is 17. The second kappa shape index (κ2) is 7.02. The Bertz CT molecular complexity index is 774. The Morgan fingerprint density at radius 1 is 0.355 bits per heavy atom. The first-order valence-corrected chi connectivity index (χ1v) is 7.12. The number of alkyl halides is 17. The highest BCUT2D eigenvalue weighted by Crippen LogP contribution is 2.64. The van der Waals surface area contributed by atoms with E-state index in [0.29, 0.717) is 12.1 Å². The van der Waals surface area contributed by atoms with Crippen molar-refractivity contribution in [1.82, 2.24) is 0 Å². The molecule has 0 aliphatic heterocycles. The third-order valence-electron chi connectivity index (χ3n) is 3.86. The molecule has 0 saturated carbocycles. The van der Waals surface area contributed by atoms with Gasteiger partial charge in [0.1, 0.15) is 0 Å². The Morgan fingerprint density at radius 2 is 0.645 bits per heavy atom. The lowest BCUT2D eigenvalue weighted by Crippen LogP contribution is -2.74. The topological polar surface area (TPSA) is 0 Å². The summed E-state index contributed by atoms with van der Waals surface area (Å²) in [5, 5.41) is 0. The molecular weight excluding hydrogens is 491 g/mol. The molecule has 17 heteroatoms. The van der Waals surface area contributed by atoms with Gasteiger partial charge < -0.3 is 0 Å². The summed E-state index contributed by atoms with van der Waals surface area (Å²) in [7, 11) is 0. The van der Waals surface area contributed by atoms with Gasteiger partial charge in [0.2, 0.25) is 0 Å². The molecule has 0 nitrogen and oxygen atoms in total. The van der Waals surface area contributed by atoms with Crippen molar-refractivity contribution >= 4 is 0 Å². The van der Waals surface area contributed by atoms with Crippen LogP contribution in [0.15, 0.2) is 30.3 Å². The molecule has 1 rings (SSSR count). The van der Waals surface area contributed by atoms with E-state index in [1.54, 1.807) is 0 Å². The molecular formula is C14H5F17. The molecule has 0 amide bonds. The van der Waals surface area contributed by atoms with Crippen molar-refractivity contribution in [2.45, 2.75) is 47.6 Å². The van der Waals surface area contributed by atoms with Crippen LogP contribution in [0.25, 0.3) is 0 Å². The minimum atomic E-state index is -8.61. The predicted molar refractivity (Wildman–Crippen MR) is 66.1 cm³/mol. The highest BCUT2D eigenvalue weighted by atomic mass is 19.4. The fourth-order valence-corrected chi connectivity index (χ4v) is 1.99. The summed E-state index contributed by atoms with van der Waals surface area (Å²) in [5.74, 6) is -56.3. The van der Waals surface area contributed by atoms with Crippen LogP contribution in [-0.2, 0) is 5.92 Å². The van der Waals surface area contributed by atoms with Crippen molar-refractivity contribution in [3.8, 4) is 0 Å². The van der Waals surface area contributed by atoms with Gasteiger partial charge in [0.15, 0.2) is 0 Å². The maximum atomic E-state index is 13.7. The number of rotatable bonds is 7. The zero-order valence-corrected chi connectivity index (χ0v) is 13.8. The third kappa shape index (κ3) is 3.37. The second-order valence-electron chi connectivity index (χ2n) is 5.88. The monoisotopic (exact) mass is 496 g/mol. The largest absolute Gasteiger partial charge is 0.460 e. The molecule has 31 heavy (non-hydrogen) atoms. The molecule has 0 aromatic heterocycles. The van der Waals surface area contributed by atoms with Gasteiger partial charge in [-0.05, 0) is 0 Å². The van der Waals surface area contributed by atoms with Crippen LogP contribution < -0.4 is 0 Å². The van der Waals surface area contributed by atoms with Gasteiger partial charge in [-0.1, -0.05) is 30.3 Å². The van der Waals surface area contributed by atoms with E-state index in [9.17, 15) is 74.6 Å². The minimum absolute atomic E-state index is 0.104. The highest BCUT2D eigenvalue weighted by molar-refractivity contribution is 5.26. The first kappa shape index (κ1) is 27.1. The van der Waals surface area contributed by atoms with E-state index in [1.807, 2.05) is 0 Å². The van der Waals surface area contributed by atoms with Crippen LogP contribution in [0.2, 0.25) is 0 Å². The Balaban J connectivity index is 3.69. The van der Waals surface area contributed by atoms with E-state index < -0.39 is 53.2 Å². The van der Waals surface area contributed by atoms with Gasteiger partial charge in [-0.25, -0.2) is 0 Å². The van der Waals surface area contributed by atoms with Gasteiger partial charge in [0.05, 0.1) is 0 Å².